The first-order valence-corrected chi connectivity index (χ1v) is 40.7. The number of nitrogens with zero attached hydrogens (tertiary/aromatic N) is 20. The van der Waals surface area contributed by atoms with Gasteiger partial charge in [-0.15, -0.1) is 0 Å². The van der Waals surface area contributed by atoms with Crippen LogP contribution in [0.15, 0.2) is 79.6 Å². The normalized spacial score (nSPS) is 15.7. The van der Waals surface area contributed by atoms with Gasteiger partial charge in [0.2, 0.25) is 9.05 Å². The first-order chi connectivity index (χ1) is 55.0. The fraction of sp³-hybridized carbons (Fsp3) is 0.639. The molecular formula is C72H109ClN20O23S. The van der Waals surface area contributed by atoms with Crippen LogP contribution in [0.4, 0.5) is 0 Å². The average Bonchev–Trinajstić information content (AvgIpc) is 1.68. The van der Waals surface area contributed by atoms with Crippen LogP contribution in [-0.2, 0) is 131 Å². The molecule has 1 aliphatic heterocycles. The lowest BCUT2D eigenvalue weighted by molar-refractivity contribution is -0.167. The van der Waals surface area contributed by atoms with Crippen molar-refractivity contribution in [3.63, 3.8) is 0 Å². The third-order valence-corrected chi connectivity index (χ3v) is 20.4. The number of hydrogen-bond acceptors (Lipinski definition) is 27. The number of aliphatic carboxylic acids is 1. The van der Waals surface area contributed by atoms with Gasteiger partial charge in [0.1, 0.15) is 0 Å². The van der Waals surface area contributed by atoms with Gasteiger partial charge in [-0.05, 0) is 103 Å². The number of rotatable bonds is 18. The summed E-state index contributed by atoms with van der Waals surface area (Å²) >= 11 is 0. The minimum atomic E-state index is -3.19. The molecule has 5 fully saturated rings. The van der Waals surface area contributed by atoms with E-state index in [1.54, 1.807) is 106 Å². The van der Waals surface area contributed by atoms with Gasteiger partial charge < -0.3 is 72.8 Å². The third kappa shape index (κ3) is 22.5. The van der Waals surface area contributed by atoms with E-state index >= 15 is 0 Å². The molecule has 0 radical (unpaired) electrons. The van der Waals surface area contributed by atoms with Crippen LogP contribution < -0.4 is 56.2 Å². The molecule has 5 aliphatic rings. The van der Waals surface area contributed by atoms with Gasteiger partial charge in [0.25, 0.3) is 27.8 Å². The summed E-state index contributed by atoms with van der Waals surface area (Å²) < 4.78 is 55.3. The lowest BCUT2D eigenvalue weighted by Gasteiger charge is -2.36. The molecule has 0 unspecified atom stereocenters. The number of fused-ring (bicyclic) bond motifs is 5. The third-order valence-electron chi connectivity index (χ3n) is 20.4. The van der Waals surface area contributed by atoms with Crippen molar-refractivity contribution >= 4 is 81.5 Å². The van der Waals surface area contributed by atoms with Crippen LogP contribution in [-0.4, -0.2) is 225 Å². The van der Waals surface area contributed by atoms with E-state index < -0.39 is 60.1 Å². The Balaban J connectivity index is 0.000000189. The maximum atomic E-state index is 12.4. The van der Waals surface area contributed by atoms with Gasteiger partial charge in [0.15, 0.2) is 61.4 Å². The average molecular weight is 1690 g/mol. The minimum Gasteiger partial charge on any atom is -0.479 e. The van der Waals surface area contributed by atoms with Crippen LogP contribution in [0.5, 0.6) is 0 Å². The zero-order chi connectivity index (χ0) is 87.0. The topological polar surface area (TPSA) is 530 Å². The van der Waals surface area contributed by atoms with Gasteiger partial charge in [-0.3, -0.25) is 69.6 Å². The Morgan fingerprint density at radius 3 is 0.821 bits per heavy atom. The highest BCUT2D eigenvalue weighted by Crippen LogP contribution is 2.33. The Morgan fingerprint density at radius 2 is 0.658 bits per heavy atom. The monoisotopic (exact) mass is 1690 g/mol. The number of aryl methyl sites for hydroxylation is 10. The number of ether oxygens (including phenoxy) is 3. The van der Waals surface area contributed by atoms with Crippen molar-refractivity contribution in [3.8, 4) is 0 Å². The minimum absolute atomic E-state index is 0.00731. The summed E-state index contributed by atoms with van der Waals surface area (Å²) in [5, 5.41) is 63.2. The van der Waals surface area contributed by atoms with E-state index in [0.717, 1.165) is 110 Å². The number of imidazole rings is 5. The molecule has 45 heteroatoms. The number of aromatic nitrogens is 20. The summed E-state index contributed by atoms with van der Waals surface area (Å²) in [4.78, 5) is 151. The Morgan fingerprint density at radius 1 is 0.419 bits per heavy atom. The zero-order valence-corrected chi connectivity index (χ0v) is 69.9. The Bertz CT molecular complexity index is 5460. The van der Waals surface area contributed by atoms with E-state index in [1.807, 2.05) is 13.8 Å². The molecule has 43 nitrogen and oxygen atoms in total. The summed E-state index contributed by atoms with van der Waals surface area (Å²) in [6.07, 6.45) is 21.9. The highest BCUT2D eigenvalue weighted by atomic mass is 35.7. The fourth-order valence-electron chi connectivity index (χ4n) is 12.8. The van der Waals surface area contributed by atoms with Crippen molar-refractivity contribution in [2.24, 2.45) is 70.5 Å². The van der Waals surface area contributed by atoms with Crippen molar-refractivity contribution in [1.82, 2.24) is 93.4 Å². The number of halogens is 1. The van der Waals surface area contributed by atoms with Crippen LogP contribution in [0.3, 0.4) is 0 Å². The largest absolute Gasteiger partial charge is 0.479 e. The quantitative estimate of drug-likeness (QED) is 0.0351. The first-order valence-electron chi connectivity index (χ1n) is 38.0. The molecule has 1 saturated heterocycles. The van der Waals surface area contributed by atoms with Crippen molar-refractivity contribution in [3.05, 3.63) is 136 Å². The van der Waals surface area contributed by atoms with Crippen LogP contribution in [0.1, 0.15) is 117 Å². The second-order valence-electron chi connectivity index (χ2n) is 29.5. The van der Waals surface area contributed by atoms with Crippen molar-refractivity contribution < 1.29 is 63.2 Å². The Labute approximate surface area is 672 Å². The summed E-state index contributed by atoms with van der Waals surface area (Å²) in [7, 11) is 17.9. The van der Waals surface area contributed by atoms with E-state index in [9.17, 15) is 71.4 Å². The second kappa shape index (κ2) is 40.5. The van der Waals surface area contributed by atoms with Crippen LogP contribution in [0.2, 0.25) is 0 Å². The van der Waals surface area contributed by atoms with Crippen LogP contribution >= 0.6 is 10.7 Å². The number of carboxylic acid groups (broad SMARTS) is 1. The molecule has 648 valence electrons. The second-order valence-corrected chi connectivity index (χ2v) is 32.6. The highest BCUT2D eigenvalue weighted by Gasteiger charge is 2.42. The summed E-state index contributed by atoms with van der Waals surface area (Å²) in [6, 6.07) is 0. The van der Waals surface area contributed by atoms with Gasteiger partial charge in [-0.25, -0.2) is 62.1 Å². The number of hydrogen-bond donors (Lipinski definition) is 7. The standard InChI is InChI=1S/2C14H20N4O4.2C10H14N4O2.C9H12N4O3.C5H8O3.C5H10O2.C4H8O.CH3ClO2S/c2*1-16-9-15-11-10(16)12(19)18(13(20)17(11)2)6-7-22-8-14(21)4-3-5-14;2*1-4-5-14-9(15)7-8(11-6-12(7)2)13(3)10(14)16;1-11-5-10-7-6(11)8(15)13(3-4-14)9(16)12(7)2;6-4(7)5(8)2-1-3-5;6-4-5(7)2-1-3-5;1-2-4-5-3-1;1-5(2,3)4/h2*9,21H,3-8H2,1-2H3;2*6H,4-5H2,1-3H3;5,14H,3-4H2,1-2H3;8H,1-3H2,(H,6,7);6-7H,1-4H2;1-4H2;1H3. The lowest BCUT2D eigenvalue weighted by Crippen LogP contribution is -2.44. The molecule has 0 aromatic carbocycles. The molecule has 117 heavy (non-hydrogen) atoms. The Kier molecular flexibility index (Phi) is 32.6. The van der Waals surface area contributed by atoms with Gasteiger partial charge in [-0.1, -0.05) is 13.8 Å². The smallest absolute Gasteiger partial charge is 0.335 e. The molecule has 10 aromatic rings. The SMILES string of the molecule is C1CCOC1.CCCn1c(=O)c2c(ncn2C)n(C)c1=O.CCCn1c(=O)c2c(ncn2C)n(C)c1=O.CS(=O)(=O)Cl.Cn1cnc2c1c(=O)n(CCO)c(=O)n2C.Cn1cnc2c1c(=O)n(CCOCC1(O)CCC1)c(=O)n2C.Cn1cnc2c1c(=O)n(CCOCC1(O)CCC1)c(=O)n2C.O=C(O)C1(O)CCC1.OCC1(O)CCC1. The van der Waals surface area contributed by atoms with E-state index in [-0.39, 0.29) is 92.9 Å². The molecule has 10 aromatic heterocycles. The Hall–Kier alpha value is -9.90. The van der Waals surface area contributed by atoms with Crippen LogP contribution in [0.25, 0.3) is 55.8 Å². The molecule has 7 N–H and O–H groups in total. The molecule has 11 heterocycles. The molecule has 0 atom stereocenters. The predicted molar refractivity (Wildman–Crippen MR) is 431 cm³/mol. The van der Waals surface area contributed by atoms with Crippen molar-refractivity contribution in [2.75, 3.05) is 59.1 Å². The summed E-state index contributed by atoms with van der Waals surface area (Å²) in [5.74, 6) is -1.08. The van der Waals surface area contributed by atoms with E-state index in [2.05, 4.69) is 35.6 Å². The van der Waals surface area contributed by atoms with E-state index in [1.165, 1.54) is 63.8 Å². The summed E-state index contributed by atoms with van der Waals surface area (Å²) in [6.45, 7) is 7.63. The maximum absolute atomic E-state index is 12.4. The zero-order valence-electron chi connectivity index (χ0n) is 68.3. The van der Waals surface area contributed by atoms with E-state index in [0.29, 0.717) is 81.8 Å². The van der Waals surface area contributed by atoms with Crippen molar-refractivity contribution in [2.45, 2.75) is 172 Å². The van der Waals surface area contributed by atoms with E-state index in [4.69, 9.17) is 39.7 Å². The number of aliphatic hydroxyl groups excluding tert-OH is 2. The summed E-state index contributed by atoms with van der Waals surface area (Å²) in [5.41, 5.74) is -3.05. The van der Waals surface area contributed by atoms with Crippen LogP contribution in [0, 0.1) is 0 Å². The lowest BCUT2D eigenvalue weighted by atomic mass is 9.81. The first kappa shape index (κ1) is 94.3. The molecule has 0 bridgehead atoms. The number of aliphatic hydroxyl groups is 6. The van der Waals surface area contributed by atoms with Gasteiger partial charge in [-0.2, -0.15) is 0 Å². The molecule has 15 rings (SSSR count). The molecular weight excluding hydrogens is 1580 g/mol. The highest BCUT2D eigenvalue weighted by molar-refractivity contribution is 8.13. The predicted octanol–water partition coefficient (Wildman–Crippen LogP) is -2.29. The molecule has 4 aliphatic carbocycles. The number of carbonyl (C=O) groups is 1. The molecule has 0 amide bonds. The fourth-order valence-corrected chi connectivity index (χ4v) is 12.8. The number of carboxylic acids is 1. The van der Waals surface area contributed by atoms with Crippen molar-refractivity contribution in [1.29, 1.82) is 0 Å². The molecule has 4 saturated carbocycles. The molecule has 0 spiro atoms. The van der Waals surface area contributed by atoms with Gasteiger partial charge >= 0.3 is 34.4 Å². The maximum Gasteiger partial charge on any atom is 0.335 e. The van der Waals surface area contributed by atoms with Gasteiger partial charge in [0, 0.05) is 107 Å². The van der Waals surface area contributed by atoms with Gasteiger partial charge in [0.05, 0.1) is 114 Å².